The van der Waals surface area contributed by atoms with Crippen molar-refractivity contribution in [3.05, 3.63) is 30.1 Å². The number of hydrogen-bond donors (Lipinski definition) is 3. The predicted molar refractivity (Wildman–Crippen MR) is 101 cm³/mol. The van der Waals surface area contributed by atoms with Gasteiger partial charge in [0.25, 0.3) is 0 Å². The van der Waals surface area contributed by atoms with Crippen LogP contribution in [0.15, 0.2) is 29.3 Å². The van der Waals surface area contributed by atoms with Gasteiger partial charge in [-0.15, -0.1) is 0 Å². The van der Waals surface area contributed by atoms with Crippen LogP contribution in [0.3, 0.4) is 0 Å². The van der Waals surface area contributed by atoms with E-state index in [9.17, 15) is 0 Å². The molecule has 0 aliphatic rings. The average molecular weight is 344 g/mol. The summed E-state index contributed by atoms with van der Waals surface area (Å²) in [6.07, 6.45) is 2.33. The van der Waals surface area contributed by atoms with E-state index >= 15 is 0 Å². The number of hydrogen-bond acceptors (Lipinski definition) is 4. The molecule has 0 spiro atoms. The van der Waals surface area contributed by atoms with Crippen molar-refractivity contribution in [1.82, 2.24) is 25.8 Å². The number of methoxy groups -OCH3 is 1. The third kappa shape index (κ3) is 6.10. The van der Waals surface area contributed by atoms with Gasteiger partial charge in [-0.1, -0.05) is 13.8 Å². The van der Waals surface area contributed by atoms with E-state index in [1.165, 1.54) is 6.42 Å². The van der Waals surface area contributed by atoms with Crippen LogP contribution < -0.4 is 15.4 Å². The molecular formula is C18H28N6O. The molecule has 0 bridgehead atoms. The van der Waals surface area contributed by atoms with E-state index < -0.39 is 0 Å². The molecule has 2 rings (SSSR count). The van der Waals surface area contributed by atoms with Crippen molar-refractivity contribution in [2.24, 2.45) is 10.9 Å². The Balaban J connectivity index is 1.83. The number of H-pyrrole nitrogens is 1. The minimum absolute atomic E-state index is 0.535. The van der Waals surface area contributed by atoms with Gasteiger partial charge in [0.15, 0.2) is 11.8 Å². The smallest absolute Gasteiger partial charge is 0.191 e. The van der Waals surface area contributed by atoms with Gasteiger partial charge in [-0.25, -0.2) is 4.98 Å². The fraction of sp³-hybridized carbons (Fsp3) is 0.500. The largest absolute Gasteiger partial charge is 0.497 e. The Labute approximate surface area is 149 Å². The fourth-order valence-corrected chi connectivity index (χ4v) is 2.35. The van der Waals surface area contributed by atoms with E-state index in [0.717, 1.165) is 42.0 Å². The lowest BCUT2D eigenvalue weighted by atomic mass is 10.1. The highest BCUT2D eigenvalue weighted by molar-refractivity contribution is 5.79. The molecule has 0 saturated heterocycles. The summed E-state index contributed by atoms with van der Waals surface area (Å²) in [7, 11) is 3.41. The van der Waals surface area contributed by atoms with Crippen molar-refractivity contribution in [2.45, 2.75) is 33.2 Å². The molecule has 0 atom stereocenters. The average Bonchev–Trinajstić information content (AvgIpc) is 3.10. The maximum absolute atomic E-state index is 5.16. The van der Waals surface area contributed by atoms with Gasteiger partial charge in [-0.2, -0.15) is 5.10 Å². The van der Waals surface area contributed by atoms with Crippen LogP contribution in [-0.2, 0) is 6.54 Å². The molecule has 0 amide bonds. The number of aromatic amines is 1. The molecule has 1 heterocycles. The van der Waals surface area contributed by atoms with E-state index in [2.05, 4.69) is 44.7 Å². The van der Waals surface area contributed by atoms with E-state index in [1.807, 2.05) is 24.3 Å². The fourth-order valence-electron chi connectivity index (χ4n) is 2.35. The third-order valence-corrected chi connectivity index (χ3v) is 3.78. The summed E-state index contributed by atoms with van der Waals surface area (Å²) in [5, 5.41) is 13.8. The van der Waals surface area contributed by atoms with Crippen molar-refractivity contribution in [3.63, 3.8) is 0 Å². The summed E-state index contributed by atoms with van der Waals surface area (Å²) in [5.74, 6) is 3.73. The zero-order valence-electron chi connectivity index (χ0n) is 15.5. The molecule has 2 aromatic rings. The number of aliphatic imine (C=N–C) groups is 1. The van der Waals surface area contributed by atoms with E-state index in [-0.39, 0.29) is 0 Å². The second-order valence-electron chi connectivity index (χ2n) is 6.22. The van der Waals surface area contributed by atoms with Crippen LogP contribution in [-0.4, -0.2) is 41.8 Å². The molecule has 0 aliphatic carbocycles. The highest BCUT2D eigenvalue weighted by Crippen LogP contribution is 2.18. The molecule has 1 aromatic carbocycles. The molecule has 0 aliphatic heterocycles. The maximum atomic E-state index is 5.16. The van der Waals surface area contributed by atoms with Crippen molar-refractivity contribution in [1.29, 1.82) is 0 Å². The summed E-state index contributed by atoms with van der Waals surface area (Å²) in [5.41, 5.74) is 0.944. The Morgan fingerprint density at radius 3 is 2.64 bits per heavy atom. The van der Waals surface area contributed by atoms with Gasteiger partial charge >= 0.3 is 0 Å². The van der Waals surface area contributed by atoms with Gasteiger partial charge < -0.3 is 15.4 Å². The normalized spacial score (nSPS) is 11.6. The van der Waals surface area contributed by atoms with Crippen molar-refractivity contribution >= 4 is 5.96 Å². The molecule has 0 fully saturated rings. The first-order chi connectivity index (χ1) is 12.1. The third-order valence-electron chi connectivity index (χ3n) is 3.78. The predicted octanol–water partition coefficient (Wildman–Crippen LogP) is 2.58. The summed E-state index contributed by atoms with van der Waals surface area (Å²) in [6, 6.07) is 7.67. The van der Waals surface area contributed by atoms with Crippen molar-refractivity contribution in [3.8, 4) is 17.1 Å². The zero-order valence-corrected chi connectivity index (χ0v) is 15.5. The Kier molecular flexibility index (Phi) is 7.25. The molecule has 7 heteroatoms. The molecule has 0 radical (unpaired) electrons. The molecule has 3 N–H and O–H groups in total. The lowest BCUT2D eigenvalue weighted by molar-refractivity contribution is 0.415. The minimum Gasteiger partial charge on any atom is -0.497 e. The van der Waals surface area contributed by atoms with Crippen molar-refractivity contribution in [2.75, 3.05) is 20.7 Å². The Morgan fingerprint density at radius 2 is 2.00 bits per heavy atom. The molecule has 136 valence electrons. The summed E-state index contributed by atoms with van der Waals surface area (Å²) in [6.45, 7) is 5.91. The number of nitrogens with zero attached hydrogens (tertiary/aromatic N) is 3. The van der Waals surface area contributed by atoms with Gasteiger partial charge in [0, 0.05) is 19.2 Å². The second kappa shape index (κ2) is 9.66. The van der Waals surface area contributed by atoms with Crippen LogP contribution in [0.1, 0.15) is 32.5 Å². The van der Waals surface area contributed by atoms with Gasteiger partial charge in [0.1, 0.15) is 11.6 Å². The highest BCUT2D eigenvalue weighted by atomic mass is 16.5. The van der Waals surface area contributed by atoms with Crippen LogP contribution in [0.2, 0.25) is 0 Å². The first-order valence-corrected chi connectivity index (χ1v) is 8.62. The Morgan fingerprint density at radius 1 is 1.24 bits per heavy atom. The minimum atomic E-state index is 0.535. The number of benzene rings is 1. The van der Waals surface area contributed by atoms with E-state index in [4.69, 9.17) is 4.74 Å². The summed E-state index contributed by atoms with van der Waals surface area (Å²) < 4.78 is 5.16. The summed E-state index contributed by atoms with van der Waals surface area (Å²) in [4.78, 5) is 8.73. The van der Waals surface area contributed by atoms with Crippen molar-refractivity contribution < 1.29 is 4.74 Å². The lowest BCUT2D eigenvalue weighted by Gasteiger charge is -2.11. The molecular weight excluding hydrogens is 316 g/mol. The van der Waals surface area contributed by atoms with Gasteiger partial charge in [0.05, 0.1) is 13.7 Å². The van der Waals surface area contributed by atoms with Crippen LogP contribution in [0.5, 0.6) is 5.75 Å². The van der Waals surface area contributed by atoms with Crippen LogP contribution in [0.25, 0.3) is 11.4 Å². The van der Waals surface area contributed by atoms with Gasteiger partial charge in [0.2, 0.25) is 0 Å². The van der Waals surface area contributed by atoms with Crippen LogP contribution in [0, 0.1) is 5.92 Å². The standard InChI is InChI=1S/C18H28N6O/c1-13(2)6-5-11-20-18(19-3)21-12-16-22-17(24-23-16)14-7-9-15(25-4)10-8-14/h7-10,13H,5-6,11-12H2,1-4H3,(H2,19,20,21)(H,22,23,24). The van der Waals surface area contributed by atoms with Gasteiger partial charge in [-0.3, -0.25) is 10.1 Å². The molecule has 7 nitrogen and oxygen atoms in total. The monoisotopic (exact) mass is 344 g/mol. The number of rotatable bonds is 8. The number of nitrogens with one attached hydrogen (secondary N) is 3. The zero-order chi connectivity index (χ0) is 18.1. The second-order valence-corrected chi connectivity index (χ2v) is 6.22. The van der Waals surface area contributed by atoms with Gasteiger partial charge in [-0.05, 0) is 43.0 Å². The SMILES string of the molecule is CN=C(NCCCC(C)C)NCc1nc(-c2ccc(OC)cc2)n[nH]1. The quantitative estimate of drug-likeness (QED) is 0.389. The molecule has 0 saturated carbocycles. The first-order valence-electron chi connectivity index (χ1n) is 8.62. The lowest BCUT2D eigenvalue weighted by Crippen LogP contribution is -2.37. The Bertz CT molecular complexity index is 662. The highest BCUT2D eigenvalue weighted by Gasteiger charge is 2.07. The maximum Gasteiger partial charge on any atom is 0.191 e. The number of aromatic nitrogens is 3. The molecule has 0 unspecified atom stereocenters. The van der Waals surface area contributed by atoms with Crippen LogP contribution >= 0.6 is 0 Å². The molecule has 25 heavy (non-hydrogen) atoms. The topological polar surface area (TPSA) is 87.2 Å². The molecule has 1 aromatic heterocycles. The number of ether oxygens (including phenoxy) is 1. The number of guanidine groups is 1. The Hall–Kier alpha value is -2.57. The first kappa shape index (κ1) is 18.8. The van der Waals surface area contributed by atoms with E-state index in [1.54, 1.807) is 14.2 Å². The summed E-state index contributed by atoms with van der Waals surface area (Å²) >= 11 is 0. The van der Waals surface area contributed by atoms with E-state index in [0.29, 0.717) is 12.4 Å². The van der Waals surface area contributed by atoms with Crippen LogP contribution in [0.4, 0.5) is 0 Å².